The summed E-state index contributed by atoms with van der Waals surface area (Å²) in [5.41, 5.74) is 3.35. The Morgan fingerprint density at radius 1 is 1.00 bits per heavy atom. The number of ether oxygens (including phenoxy) is 2. The van der Waals surface area contributed by atoms with Crippen LogP contribution in [0.5, 0.6) is 5.75 Å². The standard InChI is InChI=1S/C32H32F3NO5/c1-21-7-6-8-23(17-21)18-36-26(29-30(38)28(19-37)41-31(29)39)11-4-2-9-24-10-3-5-12-27(24)40-20-22-13-15-25(16-14-22)32(33,34)35/h3,5-8,10,12-17,28,37-38H,2,4,9,11,18-20H2,1H3. The lowest BCUT2D eigenvalue weighted by molar-refractivity contribution is -0.141. The van der Waals surface area contributed by atoms with Gasteiger partial charge in [-0.3, -0.25) is 4.99 Å². The third-order valence-electron chi connectivity index (χ3n) is 6.76. The van der Waals surface area contributed by atoms with Crippen LogP contribution in [0.1, 0.15) is 47.1 Å². The number of alkyl halides is 3. The van der Waals surface area contributed by atoms with E-state index in [1.165, 1.54) is 12.1 Å². The molecule has 3 aromatic rings. The summed E-state index contributed by atoms with van der Waals surface area (Å²) in [6, 6.07) is 20.2. The molecule has 0 saturated heterocycles. The van der Waals surface area contributed by atoms with Gasteiger partial charge in [-0.1, -0.05) is 60.2 Å². The lowest BCUT2D eigenvalue weighted by Gasteiger charge is -2.13. The molecule has 6 nitrogen and oxygen atoms in total. The molecule has 1 unspecified atom stereocenters. The summed E-state index contributed by atoms with van der Waals surface area (Å²) in [5.74, 6) is -0.361. The van der Waals surface area contributed by atoms with Gasteiger partial charge in [0.05, 0.1) is 24.4 Å². The van der Waals surface area contributed by atoms with E-state index in [0.29, 0.717) is 42.8 Å². The fourth-order valence-electron chi connectivity index (χ4n) is 4.59. The number of aliphatic hydroxyl groups excluding tert-OH is 2. The molecule has 2 N–H and O–H groups in total. The molecule has 0 bridgehead atoms. The maximum Gasteiger partial charge on any atom is 0.416 e. The highest BCUT2D eigenvalue weighted by atomic mass is 19.4. The van der Waals surface area contributed by atoms with Crippen molar-refractivity contribution in [3.05, 3.63) is 112 Å². The first kappa shape index (κ1) is 29.9. The number of hydrogen-bond donors (Lipinski definition) is 2. The molecule has 0 aliphatic carbocycles. The van der Waals surface area contributed by atoms with Crippen LogP contribution in [0.15, 0.2) is 89.1 Å². The Bertz CT molecular complexity index is 1410. The van der Waals surface area contributed by atoms with Gasteiger partial charge in [0.15, 0.2) is 11.9 Å². The molecule has 1 heterocycles. The molecule has 4 rings (SSSR count). The number of aliphatic imine (C=N–C) groups is 1. The first-order chi connectivity index (χ1) is 19.7. The van der Waals surface area contributed by atoms with E-state index in [0.717, 1.165) is 35.2 Å². The zero-order valence-corrected chi connectivity index (χ0v) is 22.7. The quantitative estimate of drug-likeness (QED) is 0.145. The van der Waals surface area contributed by atoms with Crippen LogP contribution in [-0.2, 0) is 35.3 Å². The van der Waals surface area contributed by atoms with Crippen LogP contribution in [0, 0.1) is 6.92 Å². The number of aryl methyl sites for hydroxylation is 2. The van der Waals surface area contributed by atoms with Crippen molar-refractivity contribution in [1.82, 2.24) is 0 Å². The van der Waals surface area contributed by atoms with Crippen LogP contribution in [0.2, 0.25) is 0 Å². The molecule has 41 heavy (non-hydrogen) atoms. The van der Waals surface area contributed by atoms with Gasteiger partial charge in [0, 0.05) is 0 Å². The van der Waals surface area contributed by atoms with Crippen molar-refractivity contribution in [1.29, 1.82) is 0 Å². The second kappa shape index (κ2) is 13.5. The number of para-hydroxylation sites is 1. The Balaban J connectivity index is 1.39. The predicted molar refractivity (Wildman–Crippen MR) is 149 cm³/mol. The highest BCUT2D eigenvalue weighted by Crippen LogP contribution is 2.30. The number of cyclic esters (lactones) is 1. The van der Waals surface area contributed by atoms with E-state index in [4.69, 9.17) is 9.47 Å². The van der Waals surface area contributed by atoms with Crippen LogP contribution < -0.4 is 4.74 Å². The van der Waals surface area contributed by atoms with Gasteiger partial charge in [0.2, 0.25) is 0 Å². The zero-order valence-electron chi connectivity index (χ0n) is 22.7. The average molecular weight is 568 g/mol. The Hall–Kier alpha value is -4.11. The fraction of sp³-hybridized carbons (Fsp3) is 0.312. The average Bonchev–Trinajstić information content (AvgIpc) is 3.24. The lowest BCUT2D eigenvalue weighted by atomic mass is 10.00. The molecule has 0 amide bonds. The van der Waals surface area contributed by atoms with Crippen molar-refractivity contribution in [2.75, 3.05) is 6.61 Å². The number of hydrogen-bond acceptors (Lipinski definition) is 6. The topological polar surface area (TPSA) is 88.3 Å². The maximum absolute atomic E-state index is 12.8. The fourth-order valence-corrected chi connectivity index (χ4v) is 4.59. The number of aliphatic hydroxyl groups is 2. The van der Waals surface area contributed by atoms with E-state index in [-0.39, 0.29) is 17.9 Å². The van der Waals surface area contributed by atoms with Crippen molar-refractivity contribution in [3.63, 3.8) is 0 Å². The summed E-state index contributed by atoms with van der Waals surface area (Å²) < 4.78 is 49.5. The Morgan fingerprint density at radius 3 is 2.44 bits per heavy atom. The van der Waals surface area contributed by atoms with Crippen LogP contribution in [-0.4, -0.2) is 34.6 Å². The first-order valence-electron chi connectivity index (χ1n) is 13.4. The van der Waals surface area contributed by atoms with Crippen LogP contribution in [0.25, 0.3) is 0 Å². The molecule has 216 valence electrons. The van der Waals surface area contributed by atoms with Crippen molar-refractivity contribution in [2.24, 2.45) is 4.99 Å². The molecular weight excluding hydrogens is 535 g/mol. The minimum absolute atomic E-state index is 0.0111. The summed E-state index contributed by atoms with van der Waals surface area (Å²) in [5, 5.41) is 20.0. The number of esters is 1. The second-order valence-electron chi connectivity index (χ2n) is 9.89. The van der Waals surface area contributed by atoms with E-state index in [2.05, 4.69) is 4.99 Å². The van der Waals surface area contributed by atoms with Gasteiger partial charge in [-0.15, -0.1) is 0 Å². The van der Waals surface area contributed by atoms with Crippen LogP contribution in [0.4, 0.5) is 13.2 Å². The number of carbonyl (C=O) groups is 1. The molecule has 0 saturated carbocycles. The number of halogens is 3. The smallest absolute Gasteiger partial charge is 0.416 e. The monoisotopic (exact) mass is 567 g/mol. The number of nitrogens with zero attached hydrogens (tertiary/aromatic N) is 1. The summed E-state index contributed by atoms with van der Waals surface area (Å²) >= 11 is 0. The Morgan fingerprint density at radius 2 is 1.76 bits per heavy atom. The third kappa shape index (κ3) is 7.98. The van der Waals surface area contributed by atoms with Gasteiger partial charge < -0.3 is 19.7 Å². The van der Waals surface area contributed by atoms with Gasteiger partial charge in [0.25, 0.3) is 0 Å². The predicted octanol–water partition coefficient (Wildman–Crippen LogP) is 6.68. The lowest BCUT2D eigenvalue weighted by Crippen LogP contribution is -2.15. The highest BCUT2D eigenvalue weighted by molar-refractivity contribution is 6.21. The van der Waals surface area contributed by atoms with E-state index >= 15 is 0 Å². The molecule has 1 atom stereocenters. The number of rotatable bonds is 12. The minimum atomic E-state index is -4.38. The Kier molecular flexibility index (Phi) is 9.83. The van der Waals surface area contributed by atoms with Gasteiger partial charge in [-0.05, 0) is 67.5 Å². The normalized spacial score (nSPS) is 15.8. The third-order valence-corrected chi connectivity index (χ3v) is 6.76. The van der Waals surface area contributed by atoms with Gasteiger partial charge in [0.1, 0.15) is 17.9 Å². The van der Waals surface area contributed by atoms with E-state index in [1.807, 2.05) is 55.5 Å². The molecular formula is C32H32F3NO5. The molecule has 0 fully saturated rings. The van der Waals surface area contributed by atoms with Crippen molar-refractivity contribution >= 4 is 11.7 Å². The zero-order chi connectivity index (χ0) is 29.4. The van der Waals surface area contributed by atoms with Crippen molar-refractivity contribution in [2.45, 2.75) is 58.0 Å². The minimum Gasteiger partial charge on any atom is -0.507 e. The molecule has 1 aliphatic rings. The van der Waals surface area contributed by atoms with Gasteiger partial charge >= 0.3 is 12.1 Å². The summed E-state index contributed by atoms with van der Waals surface area (Å²) in [6.45, 7) is 1.92. The molecule has 1 aliphatic heterocycles. The number of carbonyl (C=O) groups excluding carboxylic acids is 1. The molecule has 0 spiro atoms. The Labute approximate surface area is 236 Å². The summed E-state index contributed by atoms with van der Waals surface area (Å²) in [4.78, 5) is 17.2. The molecule has 3 aromatic carbocycles. The largest absolute Gasteiger partial charge is 0.507 e. The van der Waals surface area contributed by atoms with Crippen molar-refractivity contribution in [3.8, 4) is 5.75 Å². The maximum atomic E-state index is 12.8. The SMILES string of the molecule is Cc1cccc(CN=C(CCCCc2ccccc2OCc2ccc(C(F)(F)F)cc2)C2=C(O)C(CO)OC2=O)c1. The molecule has 0 aromatic heterocycles. The van der Waals surface area contributed by atoms with Crippen LogP contribution >= 0.6 is 0 Å². The van der Waals surface area contributed by atoms with Crippen molar-refractivity contribution < 1.29 is 37.7 Å². The second-order valence-corrected chi connectivity index (χ2v) is 9.89. The van der Waals surface area contributed by atoms with Crippen LogP contribution in [0.3, 0.4) is 0 Å². The summed E-state index contributed by atoms with van der Waals surface area (Å²) in [7, 11) is 0. The highest BCUT2D eigenvalue weighted by Gasteiger charge is 2.36. The van der Waals surface area contributed by atoms with E-state index in [1.54, 1.807) is 0 Å². The van der Waals surface area contributed by atoms with Gasteiger partial charge in [-0.2, -0.15) is 13.2 Å². The molecule has 0 radical (unpaired) electrons. The number of unbranched alkanes of at least 4 members (excludes halogenated alkanes) is 1. The first-order valence-corrected chi connectivity index (χ1v) is 13.4. The molecule has 9 heteroatoms. The van der Waals surface area contributed by atoms with Gasteiger partial charge in [-0.25, -0.2) is 4.79 Å². The van der Waals surface area contributed by atoms with E-state index in [9.17, 15) is 28.2 Å². The van der Waals surface area contributed by atoms with E-state index < -0.39 is 30.4 Å². The summed E-state index contributed by atoms with van der Waals surface area (Å²) in [6.07, 6.45) is -3.04. The number of benzene rings is 3.